The average molecular weight is 252 g/mol. The summed E-state index contributed by atoms with van der Waals surface area (Å²) in [5.74, 6) is -0.119. The molecule has 1 N–H and O–H groups in total. The Kier molecular flexibility index (Phi) is 4.37. The van der Waals surface area contributed by atoms with Gasteiger partial charge in [0.25, 0.3) is 0 Å². The maximum atomic E-state index is 11.7. The molecule has 0 spiro atoms. The molecule has 0 aliphatic carbocycles. The lowest BCUT2D eigenvalue weighted by molar-refractivity contribution is 0.101. The summed E-state index contributed by atoms with van der Waals surface area (Å²) in [6.45, 7) is 1.49. The third kappa shape index (κ3) is 3.66. The highest BCUT2D eigenvalue weighted by Gasteiger charge is 2.13. The number of sulfonamides is 1. The number of nitriles is 1. The molecule has 0 saturated carbocycles. The molecule has 90 valence electrons. The number of carbonyl (C=O) groups is 1. The Labute approximate surface area is 100 Å². The standard InChI is InChI=1S/C11H12N2O3S/c1-9(14)10-3-5-11(6-4-10)17(15,16)13-8-2-7-12/h3-6,13H,2,8H2,1H3. The number of rotatable bonds is 5. The van der Waals surface area contributed by atoms with Crippen LogP contribution in [0.1, 0.15) is 23.7 Å². The van der Waals surface area contributed by atoms with Crippen LogP contribution in [0.4, 0.5) is 0 Å². The van der Waals surface area contributed by atoms with Crippen molar-refractivity contribution in [3.63, 3.8) is 0 Å². The summed E-state index contributed by atoms with van der Waals surface area (Å²) in [6.07, 6.45) is 0.116. The second kappa shape index (κ2) is 5.57. The predicted molar refractivity (Wildman–Crippen MR) is 61.9 cm³/mol. The first-order valence-electron chi connectivity index (χ1n) is 4.95. The highest BCUT2D eigenvalue weighted by molar-refractivity contribution is 7.89. The summed E-state index contributed by atoms with van der Waals surface area (Å²) in [5.41, 5.74) is 0.459. The number of benzene rings is 1. The molecular weight excluding hydrogens is 240 g/mol. The molecule has 0 saturated heterocycles. The molecule has 0 amide bonds. The van der Waals surface area contributed by atoms with E-state index in [-0.39, 0.29) is 23.6 Å². The van der Waals surface area contributed by atoms with Gasteiger partial charge in [-0.3, -0.25) is 4.79 Å². The van der Waals surface area contributed by atoms with E-state index in [0.29, 0.717) is 5.56 Å². The Morgan fingerprint density at radius 3 is 2.41 bits per heavy atom. The molecule has 1 aromatic rings. The number of carbonyl (C=O) groups excluding carboxylic acids is 1. The van der Waals surface area contributed by atoms with Crippen LogP contribution >= 0.6 is 0 Å². The number of hydrogen-bond donors (Lipinski definition) is 1. The van der Waals surface area contributed by atoms with Crippen LogP contribution < -0.4 is 4.72 Å². The molecule has 0 fully saturated rings. The van der Waals surface area contributed by atoms with E-state index in [0.717, 1.165) is 0 Å². The molecule has 0 bridgehead atoms. The van der Waals surface area contributed by atoms with Crippen LogP contribution in [0.3, 0.4) is 0 Å². The first kappa shape index (κ1) is 13.4. The van der Waals surface area contributed by atoms with Gasteiger partial charge in [-0.2, -0.15) is 5.26 Å². The van der Waals surface area contributed by atoms with Crippen LogP contribution in [0, 0.1) is 11.3 Å². The Morgan fingerprint density at radius 2 is 1.94 bits per heavy atom. The Bertz CT molecular complexity index is 541. The van der Waals surface area contributed by atoms with Crippen molar-refractivity contribution in [2.24, 2.45) is 0 Å². The van der Waals surface area contributed by atoms with E-state index >= 15 is 0 Å². The summed E-state index contributed by atoms with van der Waals surface area (Å²) >= 11 is 0. The van der Waals surface area contributed by atoms with Gasteiger partial charge in [-0.25, -0.2) is 13.1 Å². The van der Waals surface area contributed by atoms with Gasteiger partial charge in [0.05, 0.1) is 11.0 Å². The Morgan fingerprint density at radius 1 is 1.35 bits per heavy atom. The van der Waals surface area contributed by atoms with E-state index in [1.54, 1.807) is 0 Å². The maximum absolute atomic E-state index is 11.7. The molecule has 0 aliphatic rings. The van der Waals surface area contributed by atoms with Crippen molar-refractivity contribution in [2.45, 2.75) is 18.2 Å². The van der Waals surface area contributed by atoms with Crippen LogP contribution in [0.5, 0.6) is 0 Å². The number of nitrogens with one attached hydrogen (secondary N) is 1. The summed E-state index contributed by atoms with van der Waals surface area (Å²) in [6, 6.07) is 7.50. The highest BCUT2D eigenvalue weighted by atomic mass is 32.2. The second-order valence-electron chi connectivity index (χ2n) is 3.39. The summed E-state index contributed by atoms with van der Waals surface area (Å²) in [4.78, 5) is 11.1. The molecule has 0 atom stereocenters. The van der Waals surface area contributed by atoms with E-state index in [9.17, 15) is 13.2 Å². The molecule has 0 unspecified atom stereocenters. The van der Waals surface area contributed by atoms with Gasteiger partial charge in [0.2, 0.25) is 10.0 Å². The average Bonchev–Trinajstić information content (AvgIpc) is 2.29. The zero-order chi connectivity index (χ0) is 12.9. The van der Waals surface area contributed by atoms with Gasteiger partial charge in [-0.1, -0.05) is 12.1 Å². The van der Waals surface area contributed by atoms with E-state index in [1.165, 1.54) is 31.2 Å². The maximum Gasteiger partial charge on any atom is 0.240 e. The van der Waals surface area contributed by atoms with E-state index in [2.05, 4.69) is 4.72 Å². The predicted octanol–water partition coefficient (Wildman–Crippen LogP) is 1.08. The lowest BCUT2D eigenvalue weighted by atomic mass is 10.2. The van der Waals surface area contributed by atoms with Crippen molar-refractivity contribution in [2.75, 3.05) is 6.54 Å². The van der Waals surface area contributed by atoms with Gasteiger partial charge in [0.1, 0.15) is 0 Å². The lowest BCUT2D eigenvalue weighted by Crippen LogP contribution is -2.24. The fourth-order valence-electron chi connectivity index (χ4n) is 1.19. The fraction of sp³-hybridized carbons (Fsp3) is 0.273. The van der Waals surface area contributed by atoms with Gasteiger partial charge in [-0.15, -0.1) is 0 Å². The number of Topliss-reactive ketones (excluding diaryl/α,β-unsaturated/α-hetero) is 1. The van der Waals surface area contributed by atoms with Crippen molar-refractivity contribution >= 4 is 15.8 Å². The smallest absolute Gasteiger partial charge is 0.240 e. The van der Waals surface area contributed by atoms with Crippen LogP contribution in [-0.4, -0.2) is 20.7 Å². The molecule has 0 radical (unpaired) electrons. The summed E-state index contributed by atoms with van der Waals surface area (Å²) < 4.78 is 25.7. The molecule has 17 heavy (non-hydrogen) atoms. The van der Waals surface area contributed by atoms with Gasteiger partial charge in [0.15, 0.2) is 5.78 Å². The third-order valence-corrected chi connectivity index (χ3v) is 3.58. The van der Waals surface area contributed by atoms with Crippen molar-refractivity contribution < 1.29 is 13.2 Å². The van der Waals surface area contributed by atoms with Crippen LogP contribution in [-0.2, 0) is 10.0 Å². The van der Waals surface area contributed by atoms with E-state index < -0.39 is 10.0 Å². The summed E-state index contributed by atoms with van der Waals surface area (Å²) in [7, 11) is -3.59. The fourth-order valence-corrected chi connectivity index (χ4v) is 2.23. The topological polar surface area (TPSA) is 87.0 Å². The minimum Gasteiger partial charge on any atom is -0.295 e. The largest absolute Gasteiger partial charge is 0.295 e. The van der Waals surface area contributed by atoms with Crippen LogP contribution in [0.15, 0.2) is 29.2 Å². The van der Waals surface area contributed by atoms with Crippen molar-refractivity contribution in [3.8, 4) is 6.07 Å². The normalized spacial score (nSPS) is 10.8. The first-order valence-corrected chi connectivity index (χ1v) is 6.43. The van der Waals surface area contributed by atoms with Gasteiger partial charge < -0.3 is 0 Å². The van der Waals surface area contributed by atoms with E-state index in [1.807, 2.05) is 6.07 Å². The molecule has 1 aromatic carbocycles. The Balaban J connectivity index is 2.86. The van der Waals surface area contributed by atoms with Crippen molar-refractivity contribution in [1.82, 2.24) is 4.72 Å². The Hall–Kier alpha value is -1.71. The minimum absolute atomic E-state index is 0.0767. The molecule has 0 heterocycles. The van der Waals surface area contributed by atoms with Crippen LogP contribution in [0.25, 0.3) is 0 Å². The molecule has 1 rings (SSSR count). The molecule has 6 heteroatoms. The molecule has 0 aromatic heterocycles. The number of ketones is 1. The quantitative estimate of drug-likeness (QED) is 0.627. The SMILES string of the molecule is CC(=O)c1ccc(S(=O)(=O)NCCC#N)cc1. The first-order chi connectivity index (χ1) is 7.97. The highest BCUT2D eigenvalue weighted by Crippen LogP contribution is 2.10. The van der Waals surface area contributed by atoms with E-state index in [4.69, 9.17) is 5.26 Å². The third-order valence-electron chi connectivity index (χ3n) is 2.10. The van der Waals surface area contributed by atoms with Gasteiger partial charge >= 0.3 is 0 Å². The summed E-state index contributed by atoms with van der Waals surface area (Å²) in [5, 5.41) is 8.31. The lowest BCUT2D eigenvalue weighted by Gasteiger charge is -2.05. The molecule has 5 nitrogen and oxygen atoms in total. The zero-order valence-corrected chi connectivity index (χ0v) is 10.1. The zero-order valence-electron chi connectivity index (χ0n) is 9.30. The minimum atomic E-state index is -3.59. The van der Waals surface area contributed by atoms with Crippen molar-refractivity contribution in [1.29, 1.82) is 5.26 Å². The molecular formula is C11H12N2O3S. The van der Waals surface area contributed by atoms with Gasteiger partial charge in [-0.05, 0) is 19.1 Å². The van der Waals surface area contributed by atoms with Gasteiger partial charge in [0, 0.05) is 18.5 Å². The van der Waals surface area contributed by atoms with Crippen LogP contribution in [0.2, 0.25) is 0 Å². The number of nitrogens with zero attached hydrogens (tertiary/aromatic N) is 1. The monoisotopic (exact) mass is 252 g/mol. The molecule has 0 aliphatic heterocycles. The second-order valence-corrected chi connectivity index (χ2v) is 5.15. The number of hydrogen-bond acceptors (Lipinski definition) is 4. The van der Waals surface area contributed by atoms with Crippen molar-refractivity contribution in [3.05, 3.63) is 29.8 Å².